The molecule has 0 saturated carbocycles. The van der Waals surface area contributed by atoms with Gasteiger partial charge in [-0.3, -0.25) is 4.72 Å². The maximum absolute atomic E-state index is 12.0. The molecule has 0 aliphatic carbocycles. The minimum atomic E-state index is -3.31. The highest BCUT2D eigenvalue weighted by Gasteiger charge is 2.22. The number of piperidine rings is 1. The second-order valence-electron chi connectivity index (χ2n) is 4.45. The van der Waals surface area contributed by atoms with E-state index in [9.17, 15) is 8.42 Å². The average Bonchev–Trinajstić information content (AvgIpc) is 2.76. The van der Waals surface area contributed by atoms with Crippen molar-refractivity contribution in [3.05, 3.63) is 5.01 Å². The smallest absolute Gasteiger partial charge is 0.234 e. The third-order valence-electron chi connectivity index (χ3n) is 2.87. The van der Waals surface area contributed by atoms with E-state index in [1.54, 1.807) is 0 Å². The molecule has 6 nitrogen and oxygen atoms in total. The first-order chi connectivity index (χ1) is 8.59. The van der Waals surface area contributed by atoms with E-state index >= 15 is 0 Å². The van der Waals surface area contributed by atoms with Crippen LogP contribution in [0.15, 0.2) is 0 Å². The third-order valence-corrected chi connectivity index (χ3v) is 5.39. The van der Waals surface area contributed by atoms with Crippen LogP contribution in [0.5, 0.6) is 0 Å². The minimum absolute atomic E-state index is 0.154. The van der Waals surface area contributed by atoms with Crippen LogP contribution in [-0.4, -0.2) is 37.5 Å². The third kappa shape index (κ3) is 3.89. The lowest BCUT2D eigenvalue weighted by Crippen LogP contribution is -2.35. The topological polar surface area (TPSA) is 84.0 Å². The quantitative estimate of drug-likeness (QED) is 0.839. The Hall–Kier alpha value is -0.730. The predicted octanol–water partition coefficient (Wildman–Crippen LogP) is 0.842. The predicted molar refractivity (Wildman–Crippen MR) is 72.3 cm³/mol. The summed E-state index contributed by atoms with van der Waals surface area (Å²) >= 11 is 1.29. The van der Waals surface area contributed by atoms with E-state index in [0.29, 0.717) is 5.13 Å². The Bertz CT molecular complexity index is 480. The Morgan fingerprint density at radius 2 is 2.33 bits per heavy atom. The van der Waals surface area contributed by atoms with E-state index in [4.69, 9.17) is 0 Å². The lowest BCUT2D eigenvalue weighted by atomic mass is 10.0. The Morgan fingerprint density at radius 3 is 2.94 bits per heavy atom. The maximum Gasteiger partial charge on any atom is 0.234 e. The van der Waals surface area contributed by atoms with Gasteiger partial charge in [-0.1, -0.05) is 18.3 Å². The van der Waals surface area contributed by atoms with Gasteiger partial charge in [-0.05, 0) is 38.3 Å². The molecule has 1 aromatic heterocycles. The van der Waals surface area contributed by atoms with E-state index in [-0.39, 0.29) is 11.7 Å². The van der Waals surface area contributed by atoms with Crippen LogP contribution in [0.4, 0.5) is 5.13 Å². The van der Waals surface area contributed by atoms with Gasteiger partial charge in [-0.15, -0.1) is 10.2 Å². The van der Waals surface area contributed by atoms with Gasteiger partial charge in [0.15, 0.2) is 0 Å². The van der Waals surface area contributed by atoms with Crippen LogP contribution in [0.3, 0.4) is 0 Å². The SMILES string of the molecule is CCc1nnc(NS(=O)(=O)CC2CCCNC2)s1. The van der Waals surface area contributed by atoms with Crippen LogP contribution in [0, 0.1) is 5.92 Å². The maximum atomic E-state index is 12.0. The molecule has 1 aliphatic rings. The lowest BCUT2D eigenvalue weighted by Gasteiger charge is -2.22. The molecule has 102 valence electrons. The molecular formula is C10H18N4O2S2. The standard InChI is InChI=1S/C10H18N4O2S2/c1-2-9-12-13-10(17-9)14-18(15,16)7-8-4-3-5-11-6-8/h8,11H,2-7H2,1H3,(H,13,14). The van der Waals surface area contributed by atoms with Crippen molar-refractivity contribution in [2.75, 3.05) is 23.6 Å². The molecule has 1 saturated heterocycles. The zero-order chi connectivity index (χ0) is 13.0. The van der Waals surface area contributed by atoms with Crippen molar-refractivity contribution >= 4 is 26.5 Å². The van der Waals surface area contributed by atoms with Crippen LogP contribution < -0.4 is 10.0 Å². The second kappa shape index (κ2) is 5.94. The van der Waals surface area contributed by atoms with Gasteiger partial charge in [0.2, 0.25) is 15.2 Å². The largest absolute Gasteiger partial charge is 0.316 e. The van der Waals surface area contributed by atoms with Crippen LogP contribution in [0.1, 0.15) is 24.8 Å². The molecule has 0 radical (unpaired) electrons. The first kappa shape index (κ1) is 13.7. The molecule has 2 heterocycles. The number of hydrogen-bond donors (Lipinski definition) is 2. The highest BCUT2D eigenvalue weighted by Crippen LogP contribution is 2.19. The van der Waals surface area contributed by atoms with E-state index < -0.39 is 10.0 Å². The summed E-state index contributed by atoms with van der Waals surface area (Å²) in [6, 6.07) is 0. The van der Waals surface area contributed by atoms with Gasteiger partial charge >= 0.3 is 0 Å². The Morgan fingerprint density at radius 1 is 1.50 bits per heavy atom. The summed E-state index contributed by atoms with van der Waals surface area (Å²) in [5.41, 5.74) is 0. The Balaban J connectivity index is 1.93. The molecule has 18 heavy (non-hydrogen) atoms. The number of sulfonamides is 1. The van der Waals surface area contributed by atoms with Crippen LogP contribution >= 0.6 is 11.3 Å². The molecule has 1 aliphatic heterocycles. The molecule has 2 rings (SSSR count). The normalized spacial score (nSPS) is 20.8. The Labute approximate surface area is 111 Å². The number of aryl methyl sites for hydroxylation is 1. The van der Waals surface area contributed by atoms with E-state index in [1.807, 2.05) is 6.92 Å². The fourth-order valence-corrected chi connectivity index (χ4v) is 4.36. The summed E-state index contributed by atoms with van der Waals surface area (Å²) in [4.78, 5) is 0. The van der Waals surface area contributed by atoms with E-state index in [2.05, 4.69) is 20.2 Å². The number of aromatic nitrogens is 2. The highest BCUT2D eigenvalue weighted by molar-refractivity contribution is 7.92. The summed E-state index contributed by atoms with van der Waals surface area (Å²) in [6.45, 7) is 3.73. The van der Waals surface area contributed by atoms with E-state index in [0.717, 1.165) is 37.4 Å². The molecular weight excluding hydrogens is 272 g/mol. The number of anilines is 1. The molecule has 1 aromatic rings. The highest BCUT2D eigenvalue weighted by atomic mass is 32.2. The van der Waals surface area contributed by atoms with E-state index in [1.165, 1.54) is 11.3 Å². The molecule has 0 spiro atoms. The summed E-state index contributed by atoms with van der Waals surface area (Å²) in [5.74, 6) is 0.343. The lowest BCUT2D eigenvalue weighted by molar-refractivity contribution is 0.404. The summed E-state index contributed by atoms with van der Waals surface area (Å²) < 4.78 is 26.4. The summed E-state index contributed by atoms with van der Waals surface area (Å²) in [6.07, 6.45) is 2.77. The van der Waals surface area contributed by atoms with Gasteiger partial charge in [0.25, 0.3) is 0 Å². The molecule has 1 fully saturated rings. The number of hydrogen-bond acceptors (Lipinski definition) is 6. The van der Waals surface area contributed by atoms with Gasteiger partial charge in [0.1, 0.15) is 5.01 Å². The molecule has 2 N–H and O–H groups in total. The van der Waals surface area contributed by atoms with Crippen molar-refractivity contribution in [1.29, 1.82) is 0 Å². The molecule has 1 unspecified atom stereocenters. The molecule has 8 heteroatoms. The Kier molecular flexibility index (Phi) is 4.52. The summed E-state index contributed by atoms with van der Waals surface area (Å²) in [7, 11) is -3.31. The fraction of sp³-hybridized carbons (Fsp3) is 0.800. The molecule has 0 aromatic carbocycles. The number of nitrogens with zero attached hydrogens (tertiary/aromatic N) is 2. The van der Waals surface area contributed by atoms with Crippen LogP contribution in [0.2, 0.25) is 0 Å². The van der Waals surface area contributed by atoms with Crippen molar-refractivity contribution in [2.24, 2.45) is 5.92 Å². The first-order valence-electron chi connectivity index (χ1n) is 6.12. The van der Waals surface area contributed by atoms with Crippen LogP contribution in [0.25, 0.3) is 0 Å². The van der Waals surface area contributed by atoms with Crippen molar-refractivity contribution in [1.82, 2.24) is 15.5 Å². The summed E-state index contributed by atoms with van der Waals surface area (Å²) in [5, 5.41) is 12.2. The number of rotatable bonds is 5. The average molecular weight is 290 g/mol. The second-order valence-corrected chi connectivity index (χ2v) is 7.28. The van der Waals surface area contributed by atoms with Gasteiger partial charge in [0, 0.05) is 0 Å². The number of nitrogens with one attached hydrogen (secondary N) is 2. The monoisotopic (exact) mass is 290 g/mol. The van der Waals surface area contributed by atoms with Gasteiger partial charge in [-0.25, -0.2) is 8.42 Å². The van der Waals surface area contributed by atoms with Gasteiger partial charge < -0.3 is 5.32 Å². The van der Waals surface area contributed by atoms with Crippen molar-refractivity contribution in [2.45, 2.75) is 26.2 Å². The first-order valence-corrected chi connectivity index (χ1v) is 8.59. The molecule has 1 atom stereocenters. The van der Waals surface area contributed by atoms with Crippen LogP contribution in [-0.2, 0) is 16.4 Å². The van der Waals surface area contributed by atoms with Crippen molar-refractivity contribution < 1.29 is 8.42 Å². The fourth-order valence-electron chi connectivity index (χ4n) is 1.99. The molecule has 0 amide bonds. The van der Waals surface area contributed by atoms with Crippen molar-refractivity contribution in [3.63, 3.8) is 0 Å². The zero-order valence-corrected chi connectivity index (χ0v) is 12.0. The van der Waals surface area contributed by atoms with Gasteiger partial charge in [-0.2, -0.15) is 0 Å². The molecule has 0 bridgehead atoms. The van der Waals surface area contributed by atoms with Gasteiger partial charge in [0.05, 0.1) is 5.75 Å². The minimum Gasteiger partial charge on any atom is -0.316 e. The zero-order valence-electron chi connectivity index (χ0n) is 10.3. The van der Waals surface area contributed by atoms with Crippen molar-refractivity contribution in [3.8, 4) is 0 Å².